The Bertz CT molecular complexity index is 1000. The second-order valence-corrected chi connectivity index (χ2v) is 6.15. The molecule has 0 aliphatic carbocycles. The van der Waals surface area contributed by atoms with Crippen LogP contribution in [0.5, 0.6) is 5.75 Å². The Hall–Kier alpha value is -3.39. The number of carboxylic acid groups (broad SMARTS) is 1. The molecule has 0 unspecified atom stereocenters. The van der Waals surface area contributed by atoms with Crippen molar-refractivity contribution in [3.63, 3.8) is 0 Å². The minimum absolute atomic E-state index is 0.151. The number of benzene rings is 2. The average Bonchev–Trinajstić information content (AvgIpc) is 2.72. The van der Waals surface area contributed by atoms with E-state index in [9.17, 15) is 9.90 Å². The molecule has 0 fully saturated rings. The molecule has 0 bridgehead atoms. The molecule has 0 spiro atoms. The number of carboxylic acids is 1. The summed E-state index contributed by atoms with van der Waals surface area (Å²) < 4.78 is 5.47. The summed E-state index contributed by atoms with van der Waals surface area (Å²) in [5.74, 6) is 2.01. The van der Waals surface area contributed by atoms with E-state index >= 15 is 0 Å². The van der Waals surface area contributed by atoms with Gasteiger partial charge >= 0.3 is 5.97 Å². The fraction of sp³-hybridized carbons (Fsp3) is 0.261. The smallest absolute Gasteiger partial charge is 0.373 e. The summed E-state index contributed by atoms with van der Waals surface area (Å²) in [6.45, 7) is 8.39. The van der Waals surface area contributed by atoms with Gasteiger partial charge in [0.2, 0.25) is 5.82 Å². The van der Waals surface area contributed by atoms with Crippen LogP contribution < -0.4 is 4.74 Å². The number of nitrogens with zero attached hydrogens (tertiary/aromatic N) is 2. The molecule has 0 radical (unpaired) electrons. The molecule has 2 aromatic carbocycles. The van der Waals surface area contributed by atoms with Crippen LogP contribution in [0.3, 0.4) is 0 Å². The topological polar surface area (TPSA) is 72.3 Å². The first-order valence-electron chi connectivity index (χ1n) is 9.21. The lowest BCUT2D eigenvalue weighted by Crippen LogP contribution is -2.06. The molecule has 5 nitrogen and oxygen atoms in total. The predicted octanol–water partition coefficient (Wildman–Crippen LogP) is 5.16. The lowest BCUT2D eigenvalue weighted by molar-refractivity contribution is 0.0684. The second kappa shape index (κ2) is 9.52. The summed E-state index contributed by atoms with van der Waals surface area (Å²) in [5, 5.41) is 10.0. The Labute approximate surface area is 165 Å². The number of hydrogen-bond acceptors (Lipinski definition) is 4. The van der Waals surface area contributed by atoms with Gasteiger partial charge in [-0.1, -0.05) is 57.9 Å². The van der Waals surface area contributed by atoms with Crippen molar-refractivity contribution in [2.24, 2.45) is 0 Å². The van der Waals surface area contributed by atoms with E-state index in [1.165, 1.54) is 5.56 Å². The van der Waals surface area contributed by atoms with Gasteiger partial charge in [-0.3, -0.25) is 0 Å². The zero-order chi connectivity index (χ0) is 20.7. The van der Waals surface area contributed by atoms with Gasteiger partial charge in [0.1, 0.15) is 12.4 Å². The van der Waals surface area contributed by atoms with Gasteiger partial charge in [0.05, 0.1) is 11.2 Å². The van der Waals surface area contributed by atoms with E-state index < -0.39 is 5.97 Å². The van der Waals surface area contributed by atoms with Crippen molar-refractivity contribution < 1.29 is 14.6 Å². The van der Waals surface area contributed by atoms with Crippen molar-refractivity contribution in [2.45, 2.75) is 33.6 Å². The quantitative estimate of drug-likeness (QED) is 0.623. The maximum Gasteiger partial charge on any atom is 0.373 e. The third-order valence-electron chi connectivity index (χ3n) is 4.03. The van der Waals surface area contributed by atoms with Gasteiger partial charge in [-0.2, -0.15) is 0 Å². The van der Waals surface area contributed by atoms with Crippen molar-refractivity contribution in [3.8, 4) is 29.4 Å². The van der Waals surface area contributed by atoms with Crippen LogP contribution in [-0.2, 0) is 0 Å². The highest BCUT2D eigenvalue weighted by molar-refractivity contribution is 5.96. The fourth-order valence-corrected chi connectivity index (χ4v) is 2.66. The monoisotopic (exact) mass is 376 g/mol. The summed E-state index contributed by atoms with van der Waals surface area (Å²) >= 11 is 0. The Balaban J connectivity index is 0.00000136. The van der Waals surface area contributed by atoms with Crippen molar-refractivity contribution in [1.82, 2.24) is 9.97 Å². The van der Waals surface area contributed by atoms with Crippen LogP contribution >= 0.6 is 0 Å². The molecule has 1 aromatic heterocycles. The molecule has 0 saturated heterocycles. The summed E-state index contributed by atoms with van der Waals surface area (Å²) in [6, 6.07) is 13.1. The van der Waals surface area contributed by atoms with E-state index in [2.05, 4.69) is 29.7 Å². The van der Waals surface area contributed by atoms with Gasteiger partial charge in [-0.15, -0.1) is 6.42 Å². The standard InChI is InChI=1S/C21H18N2O3.C2H6/c1-4-11-26-16-9-10-18-17(12-16)19(23-20(22-18)21(24)25)15-7-5-14(6-8-15)13(2)3;1-2/h1,5-10,12-13H,11H2,2-3H3,(H,24,25);1-2H3. The van der Waals surface area contributed by atoms with Crippen molar-refractivity contribution in [1.29, 1.82) is 0 Å². The molecule has 3 rings (SSSR count). The Morgan fingerprint density at radius 3 is 2.39 bits per heavy atom. The van der Waals surface area contributed by atoms with Crippen molar-refractivity contribution in [2.75, 3.05) is 6.61 Å². The van der Waals surface area contributed by atoms with Crippen LogP contribution in [0.4, 0.5) is 0 Å². The van der Waals surface area contributed by atoms with Gasteiger partial charge in [-0.25, -0.2) is 14.8 Å². The van der Waals surface area contributed by atoms with E-state index in [0.717, 1.165) is 5.56 Å². The molecule has 1 heterocycles. The zero-order valence-electron chi connectivity index (χ0n) is 16.6. The maximum atomic E-state index is 11.4. The summed E-state index contributed by atoms with van der Waals surface area (Å²) in [4.78, 5) is 19.8. The molecular weight excluding hydrogens is 352 g/mol. The van der Waals surface area contributed by atoms with Crippen LogP contribution in [0.15, 0.2) is 42.5 Å². The highest BCUT2D eigenvalue weighted by Gasteiger charge is 2.15. The average molecular weight is 376 g/mol. The molecular formula is C23H24N2O3. The SMILES string of the molecule is C#CCOc1ccc2nc(C(=O)O)nc(-c3ccc(C(C)C)cc3)c2c1.CC. The number of hydrogen-bond donors (Lipinski definition) is 1. The Kier molecular flexibility index (Phi) is 7.11. The molecule has 28 heavy (non-hydrogen) atoms. The molecule has 5 heteroatoms. The van der Waals surface area contributed by atoms with E-state index in [0.29, 0.717) is 28.3 Å². The predicted molar refractivity (Wildman–Crippen MR) is 112 cm³/mol. The van der Waals surface area contributed by atoms with E-state index in [1.54, 1.807) is 18.2 Å². The first-order chi connectivity index (χ1) is 13.5. The summed E-state index contributed by atoms with van der Waals surface area (Å²) in [7, 11) is 0. The van der Waals surface area contributed by atoms with Gasteiger partial charge < -0.3 is 9.84 Å². The molecule has 0 saturated carbocycles. The lowest BCUT2D eigenvalue weighted by atomic mass is 9.99. The van der Waals surface area contributed by atoms with Gasteiger partial charge in [-0.05, 0) is 29.7 Å². The van der Waals surface area contributed by atoms with Crippen LogP contribution in [-0.4, -0.2) is 27.7 Å². The van der Waals surface area contributed by atoms with Crippen LogP contribution in [0, 0.1) is 12.3 Å². The third-order valence-corrected chi connectivity index (χ3v) is 4.03. The van der Waals surface area contributed by atoms with E-state index in [1.807, 2.05) is 38.1 Å². The van der Waals surface area contributed by atoms with Crippen LogP contribution in [0.25, 0.3) is 22.2 Å². The van der Waals surface area contributed by atoms with E-state index in [-0.39, 0.29) is 12.4 Å². The number of aromatic nitrogens is 2. The number of fused-ring (bicyclic) bond motifs is 1. The number of rotatable bonds is 5. The molecule has 3 aromatic rings. The summed E-state index contributed by atoms with van der Waals surface area (Å²) in [5.41, 5.74) is 3.10. The van der Waals surface area contributed by atoms with Crippen LogP contribution in [0.2, 0.25) is 0 Å². The third kappa shape index (κ3) is 4.66. The van der Waals surface area contributed by atoms with Gasteiger partial charge in [0, 0.05) is 10.9 Å². The minimum atomic E-state index is -1.17. The number of aromatic carboxylic acids is 1. The highest BCUT2D eigenvalue weighted by atomic mass is 16.5. The van der Waals surface area contributed by atoms with Gasteiger partial charge in [0.15, 0.2) is 0 Å². The Morgan fingerprint density at radius 2 is 1.82 bits per heavy atom. The first kappa shape index (κ1) is 20.9. The number of carbonyl (C=O) groups is 1. The van der Waals surface area contributed by atoms with Crippen molar-refractivity contribution in [3.05, 3.63) is 53.9 Å². The molecule has 0 aliphatic heterocycles. The van der Waals surface area contributed by atoms with E-state index in [4.69, 9.17) is 11.2 Å². The normalized spacial score (nSPS) is 10.1. The summed E-state index contributed by atoms with van der Waals surface area (Å²) in [6.07, 6.45) is 5.24. The molecule has 0 aliphatic rings. The lowest BCUT2D eigenvalue weighted by Gasteiger charge is -2.11. The molecule has 0 atom stereocenters. The van der Waals surface area contributed by atoms with Crippen molar-refractivity contribution >= 4 is 16.9 Å². The largest absolute Gasteiger partial charge is 0.481 e. The highest BCUT2D eigenvalue weighted by Crippen LogP contribution is 2.30. The number of terminal acetylenes is 1. The maximum absolute atomic E-state index is 11.4. The number of ether oxygens (including phenoxy) is 1. The van der Waals surface area contributed by atoms with Crippen LogP contribution in [0.1, 0.15) is 49.8 Å². The first-order valence-corrected chi connectivity index (χ1v) is 9.21. The zero-order valence-corrected chi connectivity index (χ0v) is 16.6. The Morgan fingerprint density at radius 1 is 1.14 bits per heavy atom. The molecule has 0 amide bonds. The van der Waals surface area contributed by atoms with Gasteiger partial charge in [0.25, 0.3) is 0 Å². The molecule has 1 N–H and O–H groups in total. The molecule has 144 valence electrons. The minimum Gasteiger partial charge on any atom is -0.481 e. The fourth-order valence-electron chi connectivity index (χ4n) is 2.66. The second-order valence-electron chi connectivity index (χ2n) is 6.15.